The van der Waals surface area contributed by atoms with Crippen molar-refractivity contribution in [3.05, 3.63) is 111 Å². The van der Waals surface area contributed by atoms with E-state index in [1.165, 1.54) is 0 Å². The number of aryl methyl sites for hydroxylation is 3. The molecular weight excluding hydrogens is 672 g/mol. The van der Waals surface area contributed by atoms with Gasteiger partial charge in [-0.25, -0.2) is 4.79 Å². The Morgan fingerprint density at radius 2 is 1.19 bits per heavy atom. The largest absolute Gasteiger partial charge is 0.497 e. The van der Waals surface area contributed by atoms with Crippen LogP contribution in [-0.4, -0.2) is 37.1 Å². The number of anilines is 1. The zero-order chi connectivity index (χ0) is 39.2. The number of nitrogens with one attached hydrogen (secondary N) is 1. The van der Waals surface area contributed by atoms with Crippen LogP contribution in [0.15, 0.2) is 77.6 Å². The molecule has 3 N–H and O–H groups in total. The number of carbonyl (C=O) groups is 2. The number of nitrogens with two attached hydrogens (primary N) is 1. The molecule has 0 atom stereocenters. The fourth-order valence-electron chi connectivity index (χ4n) is 5.10. The number of pyridine rings is 1. The lowest BCUT2D eigenvalue weighted by atomic mass is 10.1. The van der Waals surface area contributed by atoms with Crippen LogP contribution in [0.4, 0.5) is 5.69 Å². The minimum absolute atomic E-state index is 0.0557. The van der Waals surface area contributed by atoms with E-state index in [2.05, 4.69) is 4.98 Å². The van der Waals surface area contributed by atoms with Gasteiger partial charge >= 0.3 is 5.97 Å². The minimum Gasteiger partial charge on any atom is -0.497 e. The molecule has 0 unspecified atom stereocenters. The van der Waals surface area contributed by atoms with E-state index in [9.17, 15) is 14.4 Å². The number of fused-ring (bicyclic) bond motifs is 1. The van der Waals surface area contributed by atoms with E-state index in [0.717, 1.165) is 45.8 Å². The van der Waals surface area contributed by atoms with E-state index in [0.29, 0.717) is 58.3 Å². The van der Waals surface area contributed by atoms with Crippen LogP contribution in [0.1, 0.15) is 80.2 Å². The van der Waals surface area contributed by atoms with E-state index in [-0.39, 0.29) is 11.5 Å². The van der Waals surface area contributed by atoms with Gasteiger partial charge in [-0.05, 0) is 125 Å². The lowest BCUT2D eigenvalue weighted by Crippen LogP contribution is -2.13. The van der Waals surface area contributed by atoms with Gasteiger partial charge in [-0.3, -0.25) is 9.59 Å². The van der Waals surface area contributed by atoms with Gasteiger partial charge in [0.15, 0.2) is 5.43 Å². The monoisotopic (exact) mass is 724 g/mol. The normalized spacial score (nSPS) is 10.4. The average molecular weight is 725 g/mol. The fourth-order valence-corrected chi connectivity index (χ4v) is 5.10. The van der Waals surface area contributed by atoms with Gasteiger partial charge in [-0.15, -0.1) is 0 Å². The topological polar surface area (TPSA) is 139 Å². The Bertz CT molecular complexity index is 2040. The SMILES string of the molecule is CCC(=O)CC.CCc1[nH]c2cc(C)c(Oc3ccc(OC)cc3)cc2c(=O)c1C.COc1ccc(Oc2cc(C(=O)OC(C)C)c(N)cc2C)cc1. The van der Waals surface area contributed by atoms with E-state index < -0.39 is 5.97 Å². The summed E-state index contributed by atoms with van der Waals surface area (Å²) in [7, 11) is 3.23. The summed E-state index contributed by atoms with van der Waals surface area (Å²) in [6.45, 7) is 15.1. The average Bonchev–Trinajstić information content (AvgIpc) is 3.15. The highest BCUT2D eigenvalue weighted by Gasteiger charge is 2.17. The van der Waals surface area contributed by atoms with Crippen molar-refractivity contribution < 1.29 is 33.3 Å². The first-order valence-electron chi connectivity index (χ1n) is 17.7. The summed E-state index contributed by atoms with van der Waals surface area (Å²) < 4.78 is 27.3. The van der Waals surface area contributed by atoms with Crippen molar-refractivity contribution in [2.45, 2.75) is 80.8 Å². The second-order valence-corrected chi connectivity index (χ2v) is 12.5. The molecule has 0 aliphatic rings. The smallest absolute Gasteiger partial charge is 0.340 e. The molecule has 0 fully saturated rings. The Morgan fingerprint density at radius 3 is 1.62 bits per heavy atom. The van der Waals surface area contributed by atoms with Crippen LogP contribution in [0.2, 0.25) is 0 Å². The molecule has 0 spiro atoms. The number of hydrogen-bond donors (Lipinski definition) is 2. The lowest BCUT2D eigenvalue weighted by molar-refractivity contribution is -0.118. The number of aromatic amines is 1. The van der Waals surface area contributed by atoms with Crippen LogP contribution in [0.3, 0.4) is 0 Å². The molecule has 0 saturated carbocycles. The molecule has 10 nitrogen and oxygen atoms in total. The van der Waals surface area contributed by atoms with Crippen molar-refractivity contribution in [2.75, 3.05) is 20.0 Å². The number of benzene rings is 4. The second-order valence-electron chi connectivity index (χ2n) is 12.5. The van der Waals surface area contributed by atoms with Crippen LogP contribution in [0.25, 0.3) is 10.9 Å². The molecule has 0 amide bonds. The molecule has 4 aromatic carbocycles. The standard InChI is InChI=1S/C20H21NO3.C18H21NO4.C5H10O/c1-5-17-13(3)20(22)16-11-19(12(2)10-18(16)21-17)24-15-8-6-14(23-4)7-9-15;1-11(2)22-18(20)15-10-17(12(3)9-16(15)19)23-14-7-5-13(21-4)6-8-14;1-3-5(6)4-2/h6-11H,5H2,1-4H3,(H,21,22);5-11H,19H2,1-4H3;3-4H2,1-2H3. The van der Waals surface area contributed by atoms with Crippen molar-refractivity contribution in [1.29, 1.82) is 0 Å². The molecule has 10 heteroatoms. The number of H-pyrrole nitrogens is 1. The minimum atomic E-state index is -0.461. The molecule has 0 aliphatic heterocycles. The van der Waals surface area contributed by atoms with Gasteiger partial charge in [-0.2, -0.15) is 0 Å². The molecule has 0 radical (unpaired) electrons. The molecule has 1 heterocycles. The quantitative estimate of drug-likeness (QED) is 0.101. The van der Waals surface area contributed by atoms with Crippen LogP contribution < -0.4 is 30.1 Å². The van der Waals surface area contributed by atoms with Crippen molar-refractivity contribution in [2.24, 2.45) is 0 Å². The number of esters is 1. The summed E-state index contributed by atoms with van der Waals surface area (Å²) in [4.78, 5) is 38.3. The third kappa shape index (κ3) is 11.6. The van der Waals surface area contributed by atoms with Crippen molar-refractivity contribution >= 4 is 28.3 Å². The molecule has 0 bridgehead atoms. The number of ether oxygens (including phenoxy) is 5. The highest BCUT2D eigenvalue weighted by Crippen LogP contribution is 2.32. The third-order valence-corrected chi connectivity index (χ3v) is 8.27. The predicted molar refractivity (Wildman–Crippen MR) is 211 cm³/mol. The number of nitrogen functional groups attached to an aromatic ring is 1. The van der Waals surface area contributed by atoms with Gasteiger partial charge in [0.05, 0.1) is 31.4 Å². The van der Waals surface area contributed by atoms with E-state index in [1.807, 2.05) is 77.9 Å². The Kier molecular flexibility index (Phi) is 15.5. The molecule has 0 saturated heterocycles. The molecule has 0 aliphatic carbocycles. The summed E-state index contributed by atoms with van der Waals surface area (Å²) >= 11 is 0. The van der Waals surface area contributed by atoms with Gasteiger partial charge in [-0.1, -0.05) is 20.8 Å². The molecule has 5 aromatic rings. The Morgan fingerprint density at radius 1 is 0.717 bits per heavy atom. The number of ketones is 1. The van der Waals surface area contributed by atoms with Gasteiger partial charge in [0.1, 0.15) is 40.3 Å². The number of methoxy groups -OCH3 is 2. The molecular formula is C43H52N2O8. The lowest BCUT2D eigenvalue weighted by Gasteiger charge is -2.14. The summed E-state index contributed by atoms with van der Waals surface area (Å²) in [5, 5.41) is 0.652. The maximum atomic E-state index is 12.6. The number of rotatable bonds is 11. The Hall–Kier alpha value is -5.77. The van der Waals surface area contributed by atoms with Gasteiger partial charge in [0, 0.05) is 35.2 Å². The Balaban J connectivity index is 0.000000248. The van der Waals surface area contributed by atoms with Crippen molar-refractivity contribution in [3.8, 4) is 34.5 Å². The summed E-state index contributed by atoms with van der Waals surface area (Å²) in [6.07, 6.45) is 1.97. The first-order chi connectivity index (χ1) is 25.2. The zero-order valence-corrected chi connectivity index (χ0v) is 32.5. The second kappa shape index (κ2) is 19.7. The molecule has 282 valence electrons. The van der Waals surface area contributed by atoms with Gasteiger partial charge in [0.2, 0.25) is 0 Å². The first kappa shape index (κ1) is 41.6. The summed E-state index contributed by atoms with van der Waals surface area (Å²) in [6, 6.07) is 21.7. The highest BCUT2D eigenvalue weighted by molar-refractivity contribution is 5.96. The van der Waals surface area contributed by atoms with Crippen LogP contribution in [0.5, 0.6) is 34.5 Å². The van der Waals surface area contributed by atoms with Crippen LogP contribution >= 0.6 is 0 Å². The van der Waals surface area contributed by atoms with E-state index in [4.69, 9.17) is 29.4 Å². The molecule has 5 rings (SSSR count). The number of hydrogen-bond acceptors (Lipinski definition) is 9. The third-order valence-electron chi connectivity index (χ3n) is 8.27. The number of carbonyl (C=O) groups excluding carboxylic acids is 2. The van der Waals surface area contributed by atoms with E-state index in [1.54, 1.807) is 64.5 Å². The van der Waals surface area contributed by atoms with Crippen molar-refractivity contribution in [1.82, 2.24) is 4.98 Å². The number of aromatic nitrogens is 1. The Labute approximate surface area is 312 Å². The van der Waals surface area contributed by atoms with Crippen molar-refractivity contribution in [3.63, 3.8) is 0 Å². The first-order valence-corrected chi connectivity index (χ1v) is 17.7. The van der Waals surface area contributed by atoms with Gasteiger partial charge in [0.25, 0.3) is 0 Å². The highest BCUT2D eigenvalue weighted by atomic mass is 16.5. The van der Waals surface area contributed by atoms with Gasteiger partial charge < -0.3 is 34.4 Å². The maximum Gasteiger partial charge on any atom is 0.340 e. The number of Topliss-reactive ketones (excluding diaryl/α,β-unsaturated/α-hetero) is 1. The molecule has 53 heavy (non-hydrogen) atoms. The molecule has 1 aromatic heterocycles. The summed E-state index contributed by atoms with van der Waals surface area (Å²) in [5.41, 5.74) is 11.1. The maximum absolute atomic E-state index is 12.6. The summed E-state index contributed by atoms with van der Waals surface area (Å²) in [5.74, 6) is 3.98. The fraction of sp³-hybridized carbons (Fsp3) is 0.326. The van der Waals surface area contributed by atoms with Crippen LogP contribution in [-0.2, 0) is 16.0 Å². The van der Waals surface area contributed by atoms with Crippen LogP contribution in [0, 0.1) is 20.8 Å². The predicted octanol–water partition coefficient (Wildman–Crippen LogP) is 9.83. The zero-order valence-electron chi connectivity index (χ0n) is 32.5. The van der Waals surface area contributed by atoms with E-state index >= 15 is 0 Å².